The van der Waals surface area contributed by atoms with Gasteiger partial charge in [-0.3, -0.25) is 9.69 Å². The summed E-state index contributed by atoms with van der Waals surface area (Å²) in [7, 11) is 0. The van der Waals surface area contributed by atoms with E-state index in [4.69, 9.17) is 5.73 Å². The van der Waals surface area contributed by atoms with Gasteiger partial charge in [-0.05, 0) is 61.5 Å². The molecule has 0 unspecified atom stereocenters. The number of primary amides is 1. The number of hydrogen-bond acceptors (Lipinski definition) is 3. The van der Waals surface area contributed by atoms with Gasteiger partial charge in [0.15, 0.2) is 0 Å². The number of piperidine rings is 2. The molecule has 0 aliphatic carbocycles. The summed E-state index contributed by atoms with van der Waals surface area (Å²) in [5, 5.41) is 2.67. The van der Waals surface area contributed by atoms with E-state index in [1.165, 1.54) is 35.6 Å². The van der Waals surface area contributed by atoms with Gasteiger partial charge in [-0.15, -0.1) is 0 Å². The highest BCUT2D eigenvalue weighted by Crippen LogP contribution is 2.31. The average Bonchev–Trinajstić information content (AvgIpc) is 2.73. The molecule has 2 fully saturated rings. The minimum absolute atomic E-state index is 0.113. The number of amides is 1. The van der Waals surface area contributed by atoms with Gasteiger partial charge in [-0.2, -0.15) is 0 Å². The van der Waals surface area contributed by atoms with E-state index in [2.05, 4.69) is 52.3 Å². The summed E-state index contributed by atoms with van der Waals surface area (Å²) < 4.78 is 0. The molecule has 2 aliphatic rings. The van der Waals surface area contributed by atoms with Gasteiger partial charge in [0, 0.05) is 19.6 Å². The quantitative estimate of drug-likeness (QED) is 0.885. The molecule has 0 atom stereocenters. The first kappa shape index (κ1) is 18.5. The van der Waals surface area contributed by atoms with Crippen LogP contribution in [0.5, 0.6) is 0 Å². The molecule has 2 aromatic carbocycles. The number of carbonyl (C=O) groups excluding carboxylic acids is 1. The maximum absolute atomic E-state index is 12.4. The number of likely N-dealkylation sites (tertiary alicyclic amines) is 2. The molecule has 1 amide bonds. The first-order chi connectivity index (χ1) is 13.2. The molecule has 4 heteroatoms. The fourth-order valence-electron chi connectivity index (χ4n) is 4.98. The van der Waals surface area contributed by atoms with Crippen molar-refractivity contribution in [2.24, 2.45) is 5.73 Å². The third-order valence-corrected chi connectivity index (χ3v) is 6.68. The molecule has 27 heavy (non-hydrogen) atoms. The second-order valence-corrected chi connectivity index (χ2v) is 8.17. The molecular formula is C23H31N3O. The molecular weight excluding hydrogens is 334 g/mol. The number of hydrogen-bond donors (Lipinski definition) is 1. The van der Waals surface area contributed by atoms with Gasteiger partial charge >= 0.3 is 0 Å². The summed E-state index contributed by atoms with van der Waals surface area (Å²) in [6.45, 7) is 5.02. The predicted octanol–water partition coefficient (Wildman–Crippen LogP) is 3.19. The topological polar surface area (TPSA) is 49.6 Å². The fraction of sp³-hybridized carbons (Fsp3) is 0.522. The highest BCUT2D eigenvalue weighted by molar-refractivity contribution is 5.86. The van der Waals surface area contributed by atoms with Crippen molar-refractivity contribution in [3.63, 3.8) is 0 Å². The summed E-state index contributed by atoms with van der Waals surface area (Å²) in [5.74, 6) is -0.113. The molecule has 2 saturated heterocycles. The van der Waals surface area contributed by atoms with Gasteiger partial charge in [-0.25, -0.2) is 0 Å². The first-order valence-corrected chi connectivity index (χ1v) is 10.4. The van der Waals surface area contributed by atoms with E-state index in [0.29, 0.717) is 0 Å². The Bertz CT molecular complexity index is 784. The molecule has 2 aliphatic heterocycles. The lowest BCUT2D eigenvalue weighted by Gasteiger charge is -2.48. The molecule has 144 valence electrons. The molecule has 0 bridgehead atoms. The molecule has 2 N–H and O–H groups in total. The van der Waals surface area contributed by atoms with Crippen LogP contribution in [0.2, 0.25) is 0 Å². The molecule has 2 aromatic rings. The van der Waals surface area contributed by atoms with Crippen LogP contribution in [-0.2, 0) is 11.2 Å². The zero-order chi connectivity index (χ0) is 18.7. The fourth-order valence-corrected chi connectivity index (χ4v) is 4.98. The molecule has 0 radical (unpaired) electrons. The van der Waals surface area contributed by atoms with Crippen LogP contribution >= 0.6 is 0 Å². The molecule has 0 spiro atoms. The third kappa shape index (κ3) is 3.74. The van der Waals surface area contributed by atoms with Crippen molar-refractivity contribution in [2.75, 3.05) is 32.7 Å². The van der Waals surface area contributed by atoms with Crippen molar-refractivity contribution in [1.29, 1.82) is 0 Å². The summed E-state index contributed by atoms with van der Waals surface area (Å²) >= 11 is 0. The number of benzene rings is 2. The molecule has 4 rings (SSSR count). The smallest absolute Gasteiger partial charge is 0.238 e. The minimum atomic E-state index is -0.406. The van der Waals surface area contributed by atoms with Crippen LogP contribution in [0, 0.1) is 0 Å². The summed E-state index contributed by atoms with van der Waals surface area (Å²) in [4.78, 5) is 17.3. The van der Waals surface area contributed by atoms with Crippen LogP contribution in [0.1, 0.15) is 37.7 Å². The lowest BCUT2D eigenvalue weighted by Crippen LogP contribution is -2.63. The zero-order valence-corrected chi connectivity index (χ0v) is 16.2. The summed E-state index contributed by atoms with van der Waals surface area (Å²) in [6.07, 6.45) is 6.46. The van der Waals surface area contributed by atoms with E-state index in [0.717, 1.165) is 52.0 Å². The van der Waals surface area contributed by atoms with Crippen LogP contribution in [0.3, 0.4) is 0 Å². The van der Waals surface area contributed by atoms with Crippen molar-refractivity contribution < 1.29 is 4.79 Å². The SMILES string of the molecule is NC(=O)C1(N2CCCCC2)CCN(CCc2cccc3ccccc23)CC1. The Morgan fingerprint density at radius 1 is 0.926 bits per heavy atom. The van der Waals surface area contributed by atoms with E-state index in [-0.39, 0.29) is 5.91 Å². The summed E-state index contributed by atoms with van der Waals surface area (Å²) in [5.41, 5.74) is 6.91. The number of nitrogens with zero attached hydrogens (tertiary/aromatic N) is 2. The maximum atomic E-state index is 12.4. The Morgan fingerprint density at radius 3 is 2.37 bits per heavy atom. The van der Waals surface area contributed by atoms with Crippen molar-refractivity contribution in [3.05, 3.63) is 48.0 Å². The third-order valence-electron chi connectivity index (χ3n) is 6.68. The Morgan fingerprint density at radius 2 is 1.63 bits per heavy atom. The minimum Gasteiger partial charge on any atom is -0.368 e. The number of rotatable bonds is 5. The van der Waals surface area contributed by atoms with Crippen molar-refractivity contribution in [1.82, 2.24) is 9.80 Å². The van der Waals surface area contributed by atoms with Crippen LogP contribution in [0.25, 0.3) is 10.8 Å². The molecule has 4 nitrogen and oxygen atoms in total. The second kappa shape index (κ2) is 7.99. The van der Waals surface area contributed by atoms with E-state index in [1.807, 2.05) is 0 Å². The number of fused-ring (bicyclic) bond motifs is 1. The van der Waals surface area contributed by atoms with Crippen molar-refractivity contribution in [3.8, 4) is 0 Å². The average molecular weight is 366 g/mol. The van der Waals surface area contributed by atoms with Crippen LogP contribution < -0.4 is 5.73 Å². The van der Waals surface area contributed by atoms with Gasteiger partial charge in [0.05, 0.1) is 0 Å². The highest BCUT2D eigenvalue weighted by Gasteiger charge is 2.44. The number of nitrogens with two attached hydrogens (primary N) is 1. The number of carbonyl (C=O) groups is 1. The normalized spacial score (nSPS) is 21.3. The Hall–Kier alpha value is -1.91. The van der Waals surface area contributed by atoms with E-state index in [9.17, 15) is 4.79 Å². The standard InChI is InChI=1S/C23H31N3O/c24-22(27)23(26-14-4-1-5-15-26)12-17-25(18-13-23)16-11-20-9-6-8-19-7-2-3-10-21(19)20/h2-3,6-10H,1,4-5,11-18H2,(H2,24,27). The predicted molar refractivity (Wildman–Crippen MR) is 111 cm³/mol. The van der Waals surface area contributed by atoms with Gasteiger partial charge in [0.2, 0.25) is 5.91 Å². The lowest BCUT2D eigenvalue weighted by molar-refractivity contribution is -0.134. The molecule has 0 saturated carbocycles. The largest absolute Gasteiger partial charge is 0.368 e. The van der Waals surface area contributed by atoms with Crippen LogP contribution in [-0.4, -0.2) is 54.0 Å². The van der Waals surface area contributed by atoms with E-state index >= 15 is 0 Å². The van der Waals surface area contributed by atoms with E-state index < -0.39 is 5.54 Å². The first-order valence-electron chi connectivity index (χ1n) is 10.4. The summed E-state index contributed by atoms with van der Waals surface area (Å²) in [6, 6.07) is 15.2. The van der Waals surface area contributed by atoms with Gasteiger partial charge < -0.3 is 10.6 Å². The Labute approximate surface area is 162 Å². The van der Waals surface area contributed by atoms with Crippen LogP contribution in [0.4, 0.5) is 0 Å². The second-order valence-electron chi connectivity index (χ2n) is 8.17. The Balaban J connectivity index is 1.39. The van der Waals surface area contributed by atoms with Gasteiger partial charge in [0.25, 0.3) is 0 Å². The maximum Gasteiger partial charge on any atom is 0.238 e. The van der Waals surface area contributed by atoms with Crippen LogP contribution in [0.15, 0.2) is 42.5 Å². The highest BCUT2D eigenvalue weighted by atomic mass is 16.1. The zero-order valence-electron chi connectivity index (χ0n) is 16.2. The Kier molecular flexibility index (Phi) is 5.46. The van der Waals surface area contributed by atoms with Gasteiger partial charge in [0.1, 0.15) is 5.54 Å². The van der Waals surface area contributed by atoms with Crippen molar-refractivity contribution >= 4 is 16.7 Å². The van der Waals surface area contributed by atoms with Gasteiger partial charge in [-0.1, -0.05) is 48.9 Å². The molecule has 2 heterocycles. The van der Waals surface area contributed by atoms with Crippen molar-refractivity contribution in [2.45, 2.75) is 44.1 Å². The monoisotopic (exact) mass is 365 g/mol. The lowest BCUT2D eigenvalue weighted by atomic mass is 9.83. The van der Waals surface area contributed by atoms with E-state index in [1.54, 1.807) is 0 Å². The molecule has 0 aromatic heterocycles.